The van der Waals surface area contributed by atoms with E-state index in [-0.39, 0.29) is 15.5 Å². The summed E-state index contributed by atoms with van der Waals surface area (Å²) < 4.78 is 30.3. The van der Waals surface area contributed by atoms with Crippen molar-refractivity contribution >= 4 is 33.5 Å². The lowest BCUT2D eigenvalue weighted by molar-refractivity contribution is -0.129. The van der Waals surface area contributed by atoms with Crippen LogP contribution in [0, 0.1) is 0 Å². The van der Waals surface area contributed by atoms with Gasteiger partial charge in [-0.3, -0.25) is 9.63 Å². The zero-order valence-electron chi connectivity index (χ0n) is 14.4. The van der Waals surface area contributed by atoms with E-state index in [1.165, 1.54) is 33.2 Å². The van der Waals surface area contributed by atoms with Crippen LogP contribution < -0.4 is 5.32 Å². The molecule has 0 saturated carbocycles. The monoisotopic (exact) mass is 392 g/mol. The van der Waals surface area contributed by atoms with E-state index in [4.69, 9.17) is 16.3 Å². The summed E-state index contributed by atoms with van der Waals surface area (Å²) in [6.45, 7) is 3.78. The first kappa shape index (κ1) is 21.4. The third kappa shape index (κ3) is 5.40. The molecule has 0 aliphatic heterocycles. The molecule has 1 rings (SSSR count). The lowest BCUT2D eigenvalue weighted by Crippen LogP contribution is -2.36. The van der Waals surface area contributed by atoms with Crippen molar-refractivity contribution in [3.05, 3.63) is 28.8 Å². The number of sulfonamides is 1. The van der Waals surface area contributed by atoms with Crippen LogP contribution in [0.25, 0.3) is 0 Å². The SMILES string of the molecule is CCCNC(=O)C(C)OC(=O)c1ccc(Cl)c(S(=O)(=O)N(C)OC)c1. The summed E-state index contributed by atoms with van der Waals surface area (Å²) in [5.41, 5.74) is -0.0531. The van der Waals surface area contributed by atoms with E-state index in [1.54, 1.807) is 0 Å². The van der Waals surface area contributed by atoms with E-state index in [0.29, 0.717) is 11.0 Å². The van der Waals surface area contributed by atoms with Crippen molar-refractivity contribution in [3.63, 3.8) is 0 Å². The number of rotatable bonds is 8. The topological polar surface area (TPSA) is 102 Å². The number of carbonyl (C=O) groups is 2. The van der Waals surface area contributed by atoms with Gasteiger partial charge in [0, 0.05) is 13.6 Å². The molecule has 0 radical (unpaired) electrons. The molecule has 1 unspecified atom stereocenters. The van der Waals surface area contributed by atoms with Gasteiger partial charge < -0.3 is 10.1 Å². The van der Waals surface area contributed by atoms with Gasteiger partial charge in [0.15, 0.2) is 6.10 Å². The van der Waals surface area contributed by atoms with Crippen molar-refractivity contribution in [2.24, 2.45) is 0 Å². The molecule has 8 nitrogen and oxygen atoms in total. The third-order valence-corrected chi connectivity index (χ3v) is 5.40. The van der Waals surface area contributed by atoms with Crippen molar-refractivity contribution in [1.29, 1.82) is 0 Å². The Balaban J connectivity index is 3.02. The average Bonchev–Trinajstić information content (AvgIpc) is 2.58. The molecule has 10 heteroatoms. The van der Waals surface area contributed by atoms with Crippen LogP contribution in [0.2, 0.25) is 5.02 Å². The van der Waals surface area contributed by atoms with Gasteiger partial charge in [-0.15, -0.1) is 0 Å². The molecular formula is C15H21ClN2O6S. The Morgan fingerprint density at radius 1 is 1.36 bits per heavy atom. The van der Waals surface area contributed by atoms with Crippen molar-refractivity contribution in [2.75, 3.05) is 20.7 Å². The highest BCUT2D eigenvalue weighted by Gasteiger charge is 2.26. The molecule has 0 aliphatic rings. The molecule has 140 valence electrons. The van der Waals surface area contributed by atoms with Gasteiger partial charge in [0.25, 0.3) is 15.9 Å². The van der Waals surface area contributed by atoms with Gasteiger partial charge in [0.1, 0.15) is 4.90 Å². The number of ether oxygens (including phenoxy) is 1. The first-order chi connectivity index (χ1) is 11.6. The van der Waals surface area contributed by atoms with E-state index in [0.717, 1.165) is 12.5 Å². The summed E-state index contributed by atoms with van der Waals surface area (Å²) in [5, 5.41) is 2.53. The van der Waals surface area contributed by atoms with Gasteiger partial charge in [-0.1, -0.05) is 23.0 Å². The number of nitrogens with one attached hydrogen (secondary N) is 1. The molecule has 25 heavy (non-hydrogen) atoms. The highest BCUT2D eigenvalue weighted by atomic mass is 35.5. The molecular weight excluding hydrogens is 372 g/mol. The van der Waals surface area contributed by atoms with Gasteiger partial charge in [-0.25, -0.2) is 13.2 Å². The molecule has 0 spiro atoms. The molecule has 1 atom stereocenters. The van der Waals surface area contributed by atoms with Crippen LogP contribution in [-0.2, 0) is 24.4 Å². The average molecular weight is 393 g/mol. The Bertz CT molecular complexity index is 738. The smallest absolute Gasteiger partial charge is 0.338 e. The number of nitrogens with zero attached hydrogens (tertiary/aromatic N) is 1. The molecule has 0 heterocycles. The molecule has 1 aromatic carbocycles. The van der Waals surface area contributed by atoms with Gasteiger partial charge in [-0.2, -0.15) is 0 Å². The predicted molar refractivity (Wildman–Crippen MR) is 91.6 cm³/mol. The van der Waals surface area contributed by atoms with Gasteiger partial charge in [0.2, 0.25) is 0 Å². The van der Waals surface area contributed by atoms with Crippen molar-refractivity contribution in [1.82, 2.24) is 9.79 Å². The summed E-state index contributed by atoms with van der Waals surface area (Å²) in [6.07, 6.45) is -0.269. The van der Waals surface area contributed by atoms with Crippen LogP contribution in [-0.4, -0.2) is 51.6 Å². The molecule has 0 saturated heterocycles. The van der Waals surface area contributed by atoms with Crippen LogP contribution in [0.15, 0.2) is 23.1 Å². The molecule has 1 amide bonds. The Labute approximate surface area is 152 Å². The number of hydrogen-bond acceptors (Lipinski definition) is 6. The fourth-order valence-electron chi connectivity index (χ4n) is 1.74. The number of carbonyl (C=O) groups excluding carboxylic acids is 2. The van der Waals surface area contributed by atoms with Crippen LogP contribution in [0.4, 0.5) is 0 Å². The van der Waals surface area contributed by atoms with Crippen molar-refractivity contribution < 1.29 is 27.6 Å². The van der Waals surface area contributed by atoms with Crippen LogP contribution in [0.5, 0.6) is 0 Å². The van der Waals surface area contributed by atoms with Crippen molar-refractivity contribution in [3.8, 4) is 0 Å². The normalized spacial score (nSPS) is 12.7. The summed E-state index contributed by atoms with van der Waals surface area (Å²) in [7, 11) is -1.67. The minimum atomic E-state index is -4.04. The number of hydrogen-bond donors (Lipinski definition) is 1. The number of halogens is 1. The van der Waals surface area contributed by atoms with Crippen LogP contribution in [0.1, 0.15) is 30.6 Å². The Morgan fingerprint density at radius 2 is 2.00 bits per heavy atom. The summed E-state index contributed by atoms with van der Waals surface area (Å²) in [4.78, 5) is 28.3. The predicted octanol–water partition coefficient (Wildman–Crippen LogP) is 1.59. The molecule has 1 N–H and O–H groups in total. The van der Waals surface area contributed by atoms with E-state index < -0.39 is 28.0 Å². The number of amides is 1. The quantitative estimate of drug-likeness (QED) is 0.532. The molecule has 0 fully saturated rings. The van der Waals surface area contributed by atoms with E-state index in [1.807, 2.05) is 6.92 Å². The maximum Gasteiger partial charge on any atom is 0.338 e. The second-order valence-electron chi connectivity index (χ2n) is 5.08. The van der Waals surface area contributed by atoms with Crippen molar-refractivity contribution in [2.45, 2.75) is 31.3 Å². The summed E-state index contributed by atoms with van der Waals surface area (Å²) in [5.74, 6) is -1.27. The minimum Gasteiger partial charge on any atom is -0.449 e. The third-order valence-electron chi connectivity index (χ3n) is 3.24. The van der Waals surface area contributed by atoms with Gasteiger partial charge in [0.05, 0.1) is 17.7 Å². The molecule has 0 bridgehead atoms. The molecule has 1 aromatic rings. The zero-order valence-corrected chi connectivity index (χ0v) is 16.0. The Morgan fingerprint density at radius 3 is 2.56 bits per heavy atom. The van der Waals surface area contributed by atoms with E-state index in [2.05, 4.69) is 10.2 Å². The highest BCUT2D eigenvalue weighted by Crippen LogP contribution is 2.25. The lowest BCUT2D eigenvalue weighted by atomic mass is 10.2. The minimum absolute atomic E-state index is 0.0531. The lowest BCUT2D eigenvalue weighted by Gasteiger charge is -2.16. The van der Waals surface area contributed by atoms with E-state index >= 15 is 0 Å². The molecule has 0 aliphatic carbocycles. The molecule has 0 aromatic heterocycles. The maximum absolute atomic E-state index is 12.3. The second-order valence-corrected chi connectivity index (χ2v) is 7.39. The number of benzene rings is 1. The standard InChI is InChI=1S/C15H21ClN2O6S/c1-5-8-17-14(19)10(2)24-15(20)11-6-7-12(16)13(9-11)25(21,22)18(3)23-4/h6-7,9-10H,5,8H2,1-4H3,(H,17,19). The second kappa shape index (κ2) is 9.14. The van der Waals surface area contributed by atoms with E-state index in [9.17, 15) is 18.0 Å². The summed E-state index contributed by atoms with van der Waals surface area (Å²) >= 11 is 5.92. The fraction of sp³-hybridized carbons (Fsp3) is 0.467. The summed E-state index contributed by atoms with van der Waals surface area (Å²) in [6, 6.07) is 3.65. The fourth-order valence-corrected chi connectivity index (χ4v) is 3.21. The first-order valence-corrected chi connectivity index (χ1v) is 9.28. The van der Waals surface area contributed by atoms with Crippen LogP contribution in [0.3, 0.4) is 0 Å². The zero-order chi connectivity index (χ0) is 19.2. The number of hydroxylamine groups is 1. The van der Waals surface area contributed by atoms with Gasteiger partial charge in [-0.05, 0) is 31.5 Å². The van der Waals surface area contributed by atoms with Gasteiger partial charge >= 0.3 is 5.97 Å². The van der Waals surface area contributed by atoms with Crippen LogP contribution >= 0.6 is 11.6 Å². The Kier molecular flexibility index (Phi) is 7.81. The maximum atomic E-state index is 12.3. The number of esters is 1. The Hall–Kier alpha value is -1.68. The largest absolute Gasteiger partial charge is 0.449 e. The highest BCUT2D eigenvalue weighted by molar-refractivity contribution is 7.89. The first-order valence-electron chi connectivity index (χ1n) is 7.46.